The number of carbonyl (C=O) groups is 1. The number of nitrogens with zero attached hydrogens (tertiary/aromatic N) is 1. The smallest absolute Gasteiger partial charge is 0.227 e. The highest BCUT2D eigenvalue weighted by Gasteiger charge is 2.30. The maximum absolute atomic E-state index is 12.3. The number of benzene rings is 1. The van der Waals surface area contributed by atoms with Gasteiger partial charge >= 0.3 is 0 Å². The standard InChI is InChI=1S/C19H30N2O3/c1-19(2,3)18(23)21-10-8-16(9-11-21)20-14-15-6-4-5-7-17(15)24-13-12-22/h4-7,16,20,22H,8-14H2,1-3H3. The SMILES string of the molecule is CC(C)(C)C(=O)N1CCC(NCc2ccccc2OCCO)CC1. The third-order valence-electron chi connectivity index (χ3n) is 4.33. The van der Waals surface area contributed by atoms with Gasteiger partial charge in [0.25, 0.3) is 0 Å². The van der Waals surface area contributed by atoms with Crippen molar-refractivity contribution in [2.75, 3.05) is 26.3 Å². The van der Waals surface area contributed by atoms with Crippen molar-refractivity contribution in [1.29, 1.82) is 0 Å². The molecule has 5 heteroatoms. The fourth-order valence-electron chi connectivity index (χ4n) is 2.96. The number of hydrogen-bond acceptors (Lipinski definition) is 4. The summed E-state index contributed by atoms with van der Waals surface area (Å²) in [5, 5.41) is 12.5. The summed E-state index contributed by atoms with van der Waals surface area (Å²) >= 11 is 0. The van der Waals surface area contributed by atoms with E-state index in [1.807, 2.05) is 49.9 Å². The molecule has 0 radical (unpaired) electrons. The molecule has 1 aromatic carbocycles. The van der Waals surface area contributed by atoms with Gasteiger partial charge in [0.1, 0.15) is 12.4 Å². The van der Waals surface area contributed by atoms with E-state index in [1.54, 1.807) is 0 Å². The maximum Gasteiger partial charge on any atom is 0.227 e. The van der Waals surface area contributed by atoms with Gasteiger partial charge in [-0.05, 0) is 18.9 Å². The molecule has 0 aromatic heterocycles. The average molecular weight is 334 g/mol. The minimum Gasteiger partial charge on any atom is -0.491 e. The molecule has 24 heavy (non-hydrogen) atoms. The maximum atomic E-state index is 12.3. The van der Waals surface area contributed by atoms with Crippen LogP contribution in [-0.2, 0) is 11.3 Å². The van der Waals surface area contributed by atoms with E-state index < -0.39 is 0 Å². The Balaban J connectivity index is 1.82. The number of piperidine rings is 1. The number of amides is 1. The summed E-state index contributed by atoms with van der Waals surface area (Å²) in [6, 6.07) is 8.31. The van der Waals surface area contributed by atoms with Gasteiger partial charge < -0.3 is 20.1 Å². The zero-order valence-corrected chi connectivity index (χ0v) is 15.0. The van der Waals surface area contributed by atoms with Crippen LogP contribution in [0.2, 0.25) is 0 Å². The molecule has 1 aliphatic rings. The van der Waals surface area contributed by atoms with E-state index >= 15 is 0 Å². The molecule has 1 amide bonds. The molecule has 1 heterocycles. The third-order valence-corrected chi connectivity index (χ3v) is 4.33. The van der Waals surface area contributed by atoms with Crippen molar-refractivity contribution in [1.82, 2.24) is 10.2 Å². The summed E-state index contributed by atoms with van der Waals surface area (Å²) in [7, 11) is 0. The number of para-hydroxylation sites is 1. The zero-order valence-electron chi connectivity index (χ0n) is 15.0. The molecule has 2 rings (SSSR count). The highest BCUT2D eigenvalue weighted by Crippen LogP contribution is 2.22. The van der Waals surface area contributed by atoms with Gasteiger partial charge in [0.2, 0.25) is 5.91 Å². The first-order valence-electron chi connectivity index (χ1n) is 8.76. The lowest BCUT2D eigenvalue weighted by Crippen LogP contribution is -2.48. The topological polar surface area (TPSA) is 61.8 Å². The predicted molar refractivity (Wildman–Crippen MR) is 94.9 cm³/mol. The van der Waals surface area contributed by atoms with Crippen LogP contribution in [0.25, 0.3) is 0 Å². The number of rotatable bonds is 6. The van der Waals surface area contributed by atoms with Gasteiger partial charge in [-0.1, -0.05) is 39.0 Å². The van der Waals surface area contributed by atoms with Crippen molar-refractivity contribution in [2.45, 2.75) is 46.2 Å². The first kappa shape index (κ1) is 18.7. The van der Waals surface area contributed by atoms with Gasteiger partial charge in [-0.15, -0.1) is 0 Å². The van der Waals surface area contributed by atoms with Crippen LogP contribution in [0.5, 0.6) is 5.75 Å². The molecule has 0 atom stereocenters. The summed E-state index contributed by atoms with van der Waals surface area (Å²) in [4.78, 5) is 14.3. The highest BCUT2D eigenvalue weighted by atomic mass is 16.5. The van der Waals surface area contributed by atoms with Gasteiger partial charge in [0, 0.05) is 36.7 Å². The Bertz CT molecular complexity index is 532. The van der Waals surface area contributed by atoms with Crippen molar-refractivity contribution in [3.8, 4) is 5.75 Å². The van der Waals surface area contributed by atoms with Crippen molar-refractivity contribution in [3.05, 3.63) is 29.8 Å². The number of hydrogen-bond donors (Lipinski definition) is 2. The van der Waals surface area contributed by atoms with E-state index in [0.29, 0.717) is 12.6 Å². The zero-order chi connectivity index (χ0) is 17.6. The van der Waals surface area contributed by atoms with Crippen LogP contribution in [0.3, 0.4) is 0 Å². The van der Waals surface area contributed by atoms with E-state index in [1.165, 1.54) is 0 Å². The van der Waals surface area contributed by atoms with Crippen molar-refractivity contribution in [3.63, 3.8) is 0 Å². The van der Waals surface area contributed by atoms with Crippen LogP contribution < -0.4 is 10.1 Å². The van der Waals surface area contributed by atoms with Crippen molar-refractivity contribution in [2.24, 2.45) is 5.41 Å². The van der Waals surface area contributed by atoms with Gasteiger partial charge in [-0.2, -0.15) is 0 Å². The number of carbonyl (C=O) groups excluding carboxylic acids is 1. The fourth-order valence-corrected chi connectivity index (χ4v) is 2.96. The van der Waals surface area contributed by atoms with E-state index in [0.717, 1.165) is 43.8 Å². The molecular formula is C19H30N2O3. The summed E-state index contributed by atoms with van der Waals surface area (Å²) in [6.07, 6.45) is 1.95. The van der Waals surface area contributed by atoms with Gasteiger partial charge in [-0.25, -0.2) is 0 Å². The van der Waals surface area contributed by atoms with Crippen LogP contribution in [0, 0.1) is 5.41 Å². The van der Waals surface area contributed by atoms with Crippen LogP contribution in [0.1, 0.15) is 39.2 Å². The highest BCUT2D eigenvalue weighted by molar-refractivity contribution is 5.81. The molecule has 1 aliphatic heterocycles. The Kier molecular flexibility index (Phi) is 6.63. The van der Waals surface area contributed by atoms with Crippen LogP contribution in [-0.4, -0.2) is 48.3 Å². The molecule has 1 saturated heterocycles. The lowest BCUT2D eigenvalue weighted by Gasteiger charge is -2.36. The van der Waals surface area contributed by atoms with Crippen LogP contribution in [0.4, 0.5) is 0 Å². The van der Waals surface area contributed by atoms with Gasteiger partial charge in [-0.3, -0.25) is 4.79 Å². The molecule has 134 valence electrons. The molecule has 5 nitrogen and oxygen atoms in total. The minimum atomic E-state index is -0.302. The van der Waals surface area contributed by atoms with E-state index in [-0.39, 0.29) is 17.9 Å². The molecule has 0 bridgehead atoms. The molecular weight excluding hydrogens is 304 g/mol. The summed E-state index contributed by atoms with van der Waals surface area (Å²) in [5.41, 5.74) is 0.794. The number of aliphatic hydroxyl groups excluding tert-OH is 1. The second-order valence-electron chi connectivity index (χ2n) is 7.38. The van der Waals surface area contributed by atoms with E-state index in [4.69, 9.17) is 9.84 Å². The van der Waals surface area contributed by atoms with Crippen molar-refractivity contribution >= 4 is 5.91 Å². The molecule has 1 aromatic rings. The predicted octanol–water partition coefficient (Wildman–Crippen LogP) is 2.18. The lowest BCUT2D eigenvalue weighted by molar-refractivity contribution is -0.140. The number of ether oxygens (including phenoxy) is 1. The number of nitrogens with one attached hydrogen (secondary N) is 1. The Morgan fingerprint density at radius 3 is 2.58 bits per heavy atom. The molecule has 0 spiro atoms. The number of likely N-dealkylation sites (tertiary alicyclic amines) is 1. The summed E-state index contributed by atoms with van der Waals surface area (Å²) in [5.74, 6) is 1.06. The Morgan fingerprint density at radius 1 is 1.29 bits per heavy atom. The molecule has 1 fully saturated rings. The first-order valence-corrected chi connectivity index (χ1v) is 8.76. The Hall–Kier alpha value is -1.59. The van der Waals surface area contributed by atoms with Crippen molar-refractivity contribution < 1.29 is 14.6 Å². The lowest BCUT2D eigenvalue weighted by atomic mass is 9.93. The molecule has 0 unspecified atom stereocenters. The largest absolute Gasteiger partial charge is 0.491 e. The Morgan fingerprint density at radius 2 is 1.96 bits per heavy atom. The molecule has 0 saturated carbocycles. The summed E-state index contributed by atoms with van der Waals surface area (Å²) in [6.45, 7) is 8.62. The van der Waals surface area contributed by atoms with Gasteiger partial charge in [0.05, 0.1) is 6.61 Å². The normalized spacial score (nSPS) is 16.2. The quantitative estimate of drug-likeness (QED) is 0.837. The molecule has 0 aliphatic carbocycles. The fraction of sp³-hybridized carbons (Fsp3) is 0.632. The third kappa shape index (κ3) is 5.21. The second-order valence-corrected chi connectivity index (χ2v) is 7.38. The minimum absolute atomic E-state index is 0.0159. The average Bonchev–Trinajstić information content (AvgIpc) is 2.58. The Labute approximate surface area is 145 Å². The summed E-state index contributed by atoms with van der Waals surface area (Å²) < 4.78 is 5.57. The second kappa shape index (κ2) is 8.49. The molecule has 2 N–H and O–H groups in total. The monoisotopic (exact) mass is 334 g/mol. The first-order chi connectivity index (χ1) is 11.4. The van der Waals surface area contributed by atoms with E-state index in [9.17, 15) is 4.79 Å². The number of aliphatic hydroxyl groups is 1. The van der Waals surface area contributed by atoms with E-state index in [2.05, 4.69) is 5.32 Å². The van der Waals surface area contributed by atoms with Gasteiger partial charge in [0.15, 0.2) is 0 Å². The van der Waals surface area contributed by atoms with Crippen LogP contribution in [0.15, 0.2) is 24.3 Å². The van der Waals surface area contributed by atoms with Crippen LogP contribution >= 0.6 is 0 Å².